The molecule has 1 aliphatic rings. The van der Waals surface area contributed by atoms with E-state index in [-0.39, 0.29) is 30.0 Å². The highest BCUT2D eigenvalue weighted by Crippen LogP contribution is 2.20. The van der Waals surface area contributed by atoms with E-state index in [4.69, 9.17) is 4.74 Å². The van der Waals surface area contributed by atoms with E-state index in [0.29, 0.717) is 17.2 Å². The van der Waals surface area contributed by atoms with Gasteiger partial charge in [-0.25, -0.2) is 4.98 Å². The average molecular weight is 448 g/mol. The molecule has 2 N–H and O–H groups in total. The molecule has 11 heteroatoms. The summed E-state index contributed by atoms with van der Waals surface area (Å²) >= 11 is 1.32. The molecule has 31 heavy (non-hydrogen) atoms. The SMILES string of the molecule is Cc1ccc(C(=O)NCC(=O)Nc2nc(CN3C[C@@H](C)O[C@@H](C)C3)cs2)cc1[N+](=O)[O-]. The van der Waals surface area contributed by atoms with Gasteiger partial charge < -0.3 is 15.4 Å². The molecule has 3 rings (SSSR count). The van der Waals surface area contributed by atoms with Crippen LogP contribution in [0.15, 0.2) is 23.6 Å². The highest BCUT2D eigenvalue weighted by Gasteiger charge is 2.23. The molecule has 0 bridgehead atoms. The lowest BCUT2D eigenvalue weighted by Gasteiger charge is -2.34. The number of benzene rings is 1. The Bertz CT molecular complexity index is 969. The molecule has 2 atom stereocenters. The molecule has 1 fully saturated rings. The van der Waals surface area contributed by atoms with Crippen LogP contribution in [0.25, 0.3) is 0 Å². The summed E-state index contributed by atoms with van der Waals surface area (Å²) in [5.74, 6) is -0.988. The van der Waals surface area contributed by atoms with E-state index in [9.17, 15) is 19.7 Å². The van der Waals surface area contributed by atoms with Crippen molar-refractivity contribution in [1.29, 1.82) is 0 Å². The molecule has 0 spiro atoms. The number of nitrogens with one attached hydrogen (secondary N) is 2. The standard InChI is InChI=1S/C20H25N5O5S/c1-12-4-5-15(6-17(12)25(28)29)19(27)21-7-18(26)23-20-22-16(11-31-20)10-24-8-13(2)30-14(3)9-24/h4-6,11,13-14H,7-10H2,1-3H3,(H,21,27)(H,22,23,26)/t13-,14+. The predicted octanol–water partition coefficient (Wildman–Crippen LogP) is 2.34. The molecule has 1 aromatic heterocycles. The number of thiazole rings is 1. The summed E-state index contributed by atoms with van der Waals surface area (Å²) < 4.78 is 5.73. The molecule has 166 valence electrons. The zero-order chi connectivity index (χ0) is 22.5. The fourth-order valence-corrected chi connectivity index (χ4v) is 4.17. The third kappa shape index (κ3) is 6.29. The molecule has 2 amide bonds. The first-order valence-electron chi connectivity index (χ1n) is 9.86. The van der Waals surface area contributed by atoms with Gasteiger partial charge in [-0.05, 0) is 26.8 Å². The van der Waals surface area contributed by atoms with Gasteiger partial charge in [0.05, 0.1) is 29.4 Å². The Morgan fingerprint density at radius 3 is 2.71 bits per heavy atom. The maximum Gasteiger partial charge on any atom is 0.273 e. The normalized spacial score (nSPS) is 19.1. The van der Waals surface area contributed by atoms with Gasteiger partial charge in [0.2, 0.25) is 5.91 Å². The van der Waals surface area contributed by atoms with Gasteiger partial charge in [0.1, 0.15) is 0 Å². The Hall–Kier alpha value is -2.89. The van der Waals surface area contributed by atoms with Gasteiger partial charge in [-0.2, -0.15) is 0 Å². The number of carbonyl (C=O) groups excluding carboxylic acids is 2. The van der Waals surface area contributed by atoms with Crippen LogP contribution < -0.4 is 10.6 Å². The van der Waals surface area contributed by atoms with Crippen LogP contribution in [0.3, 0.4) is 0 Å². The third-order valence-electron chi connectivity index (χ3n) is 4.76. The lowest BCUT2D eigenvalue weighted by Crippen LogP contribution is -2.44. The van der Waals surface area contributed by atoms with Crippen LogP contribution in [0.2, 0.25) is 0 Å². The summed E-state index contributed by atoms with van der Waals surface area (Å²) in [5.41, 5.74) is 1.30. The van der Waals surface area contributed by atoms with Crippen molar-refractivity contribution in [3.8, 4) is 0 Å². The summed E-state index contributed by atoms with van der Waals surface area (Å²) in [7, 11) is 0. The summed E-state index contributed by atoms with van der Waals surface area (Å²) in [6, 6.07) is 4.18. The van der Waals surface area contributed by atoms with Crippen LogP contribution in [-0.2, 0) is 16.1 Å². The van der Waals surface area contributed by atoms with Crippen LogP contribution >= 0.6 is 11.3 Å². The first-order chi connectivity index (χ1) is 14.7. The van der Waals surface area contributed by atoms with Crippen LogP contribution in [0.4, 0.5) is 10.8 Å². The van der Waals surface area contributed by atoms with E-state index in [2.05, 4.69) is 20.5 Å². The van der Waals surface area contributed by atoms with Gasteiger partial charge >= 0.3 is 0 Å². The quantitative estimate of drug-likeness (QED) is 0.493. The molecule has 0 radical (unpaired) electrons. The maximum atomic E-state index is 12.2. The number of rotatable bonds is 7. The number of ether oxygens (including phenoxy) is 1. The zero-order valence-electron chi connectivity index (χ0n) is 17.6. The first-order valence-corrected chi connectivity index (χ1v) is 10.7. The second kappa shape index (κ2) is 9.94. The maximum absolute atomic E-state index is 12.2. The zero-order valence-corrected chi connectivity index (χ0v) is 18.4. The highest BCUT2D eigenvalue weighted by molar-refractivity contribution is 7.13. The van der Waals surface area contributed by atoms with Crippen LogP contribution in [0.1, 0.15) is 35.5 Å². The molecule has 1 saturated heterocycles. The number of morpholine rings is 1. The molecular formula is C20H25N5O5S. The fourth-order valence-electron chi connectivity index (χ4n) is 3.45. The number of nitrogens with zero attached hydrogens (tertiary/aromatic N) is 3. The molecule has 1 aromatic carbocycles. The van der Waals surface area contributed by atoms with Crippen molar-refractivity contribution >= 4 is 34.0 Å². The highest BCUT2D eigenvalue weighted by atomic mass is 32.1. The molecular weight excluding hydrogens is 422 g/mol. The van der Waals surface area contributed by atoms with Gasteiger partial charge in [-0.3, -0.25) is 24.6 Å². The van der Waals surface area contributed by atoms with Crippen molar-refractivity contribution in [1.82, 2.24) is 15.2 Å². The third-order valence-corrected chi connectivity index (χ3v) is 5.56. The number of carbonyl (C=O) groups is 2. The van der Waals surface area contributed by atoms with E-state index >= 15 is 0 Å². The fraction of sp³-hybridized carbons (Fsp3) is 0.450. The Kier molecular flexibility index (Phi) is 7.31. The second-order valence-corrected chi connectivity index (χ2v) is 8.44. The van der Waals surface area contributed by atoms with Crippen molar-refractivity contribution in [2.45, 2.75) is 39.5 Å². The number of nitro benzene ring substituents is 1. The minimum Gasteiger partial charge on any atom is -0.373 e. The molecule has 0 aliphatic carbocycles. The molecule has 1 aliphatic heterocycles. The smallest absolute Gasteiger partial charge is 0.273 e. The number of aryl methyl sites for hydroxylation is 1. The van der Waals surface area contributed by atoms with E-state index in [1.54, 1.807) is 6.92 Å². The topological polar surface area (TPSA) is 127 Å². The molecule has 0 unspecified atom stereocenters. The Balaban J connectivity index is 1.49. The van der Waals surface area contributed by atoms with Crippen molar-refractivity contribution in [3.05, 3.63) is 50.5 Å². The Morgan fingerprint density at radius 2 is 2.03 bits per heavy atom. The number of hydrogen-bond acceptors (Lipinski definition) is 8. The van der Waals surface area contributed by atoms with E-state index in [1.165, 1.54) is 29.5 Å². The van der Waals surface area contributed by atoms with Gasteiger partial charge in [0.15, 0.2) is 5.13 Å². The minimum absolute atomic E-state index is 0.121. The lowest BCUT2D eigenvalue weighted by atomic mass is 10.1. The lowest BCUT2D eigenvalue weighted by molar-refractivity contribution is -0.385. The van der Waals surface area contributed by atoms with E-state index in [1.807, 2.05) is 19.2 Å². The molecule has 2 heterocycles. The number of hydrogen-bond donors (Lipinski definition) is 2. The Labute approximate surface area is 183 Å². The monoisotopic (exact) mass is 447 g/mol. The van der Waals surface area contributed by atoms with Crippen molar-refractivity contribution < 1.29 is 19.2 Å². The first kappa shape index (κ1) is 22.8. The van der Waals surface area contributed by atoms with Gasteiger partial charge in [0.25, 0.3) is 11.6 Å². The number of anilines is 1. The largest absolute Gasteiger partial charge is 0.373 e. The number of nitro groups is 1. The van der Waals surface area contributed by atoms with Gasteiger partial charge in [-0.15, -0.1) is 11.3 Å². The van der Waals surface area contributed by atoms with Crippen LogP contribution in [-0.4, -0.2) is 58.5 Å². The molecule has 0 saturated carbocycles. The van der Waals surface area contributed by atoms with Crippen LogP contribution in [0.5, 0.6) is 0 Å². The number of amides is 2. The van der Waals surface area contributed by atoms with Gasteiger partial charge in [-0.1, -0.05) is 6.07 Å². The van der Waals surface area contributed by atoms with E-state index in [0.717, 1.165) is 18.8 Å². The Morgan fingerprint density at radius 1 is 1.32 bits per heavy atom. The summed E-state index contributed by atoms with van der Waals surface area (Å²) in [6.07, 6.45) is 0.334. The summed E-state index contributed by atoms with van der Waals surface area (Å²) in [4.78, 5) is 41.6. The van der Waals surface area contributed by atoms with Crippen LogP contribution in [0, 0.1) is 17.0 Å². The van der Waals surface area contributed by atoms with Crippen molar-refractivity contribution in [3.63, 3.8) is 0 Å². The average Bonchev–Trinajstić information content (AvgIpc) is 3.12. The number of aromatic nitrogens is 1. The second-order valence-electron chi connectivity index (χ2n) is 7.58. The molecule has 2 aromatic rings. The van der Waals surface area contributed by atoms with Crippen molar-refractivity contribution in [2.24, 2.45) is 0 Å². The van der Waals surface area contributed by atoms with Crippen molar-refractivity contribution in [2.75, 3.05) is 25.0 Å². The molecule has 10 nitrogen and oxygen atoms in total. The minimum atomic E-state index is -0.561. The van der Waals surface area contributed by atoms with E-state index < -0.39 is 16.7 Å². The summed E-state index contributed by atoms with van der Waals surface area (Å²) in [5, 5.41) is 18.5. The predicted molar refractivity (Wildman–Crippen MR) is 116 cm³/mol. The van der Waals surface area contributed by atoms with Gasteiger partial charge in [0, 0.05) is 42.2 Å². The summed E-state index contributed by atoms with van der Waals surface area (Å²) in [6.45, 7) is 7.73.